The monoisotopic (exact) mass is 1240 g/mol. The summed E-state index contributed by atoms with van der Waals surface area (Å²) in [6.07, 6.45) is 0. The smallest absolute Gasteiger partial charge is 0.275 e. The number of nitrogens with two attached hydrogens (primary N) is 20. The summed E-state index contributed by atoms with van der Waals surface area (Å²) in [6.45, 7) is 0. The summed E-state index contributed by atoms with van der Waals surface area (Å²) >= 11 is 0. The molecule has 10 rings (SSSR count). The van der Waals surface area contributed by atoms with Crippen molar-refractivity contribution in [3.8, 4) is 0 Å². The molecule has 0 unspecified atom stereocenters. The van der Waals surface area contributed by atoms with Gasteiger partial charge in [0.25, 0.3) is 47.6 Å². The van der Waals surface area contributed by atoms with E-state index in [4.69, 9.17) is 115 Å². The van der Waals surface area contributed by atoms with E-state index in [2.05, 4.69) is 160 Å². The van der Waals surface area contributed by atoms with Gasteiger partial charge in [0, 0.05) is 0 Å². The van der Waals surface area contributed by atoms with Gasteiger partial charge in [0.15, 0.2) is 0 Å². The summed E-state index contributed by atoms with van der Waals surface area (Å²) in [6, 6.07) is 0. The average Bonchev–Trinajstić information content (AvgIpc) is 0.736. The van der Waals surface area contributed by atoms with Gasteiger partial charge < -0.3 is 115 Å². The number of hydrogen-bond donors (Lipinski definition) is 22. The third-order valence-electron chi connectivity index (χ3n) is 9.75. The Labute approximate surface area is 493 Å². The maximum Gasteiger partial charge on any atom is 0.275 e. The first kappa shape index (κ1) is 57.3. The number of anilines is 30. The molecule has 10 aromatic heterocycles. The van der Waals surface area contributed by atoms with Crippen LogP contribution in [0.2, 0.25) is 0 Å². The minimum absolute atomic E-state index is 0.516. The summed E-state index contributed by atoms with van der Waals surface area (Å²) < 4.78 is 0. The Morgan fingerprint density at radius 1 is 0.144 bits per heavy atom. The Morgan fingerprint density at radius 2 is 0.267 bits per heavy atom. The van der Waals surface area contributed by atoms with E-state index >= 15 is 0 Å². The Morgan fingerprint density at radius 3 is 0.433 bits per heavy atom. The molecule has 0 fully saturated rings. The molecule has 0 saturated heterocycles. The Hall–Kier alpha value is -15.9. The molecule has 0 spiro atoms. The van der Waals surface area contributed by atoms with E-state index in [-0.39, 0.29) is 0 Å². The SMILES string of the molecule is Nc1nc(N)nc(NN(c2nc(N)nc(N)n2)N(c2nc(N)nc(N)n2)N(c2nc(N)nc(N)n2)N(c2nc(N)nc(N)n2)N(c2nc(N)nc(N)n2)N(c2nc(N)nc(N)n2)N(c2nc(N)nc(N)n2)N(Nc2nc(N)nc(N)n2)c2nc(N)nc(N)n2)n1. The number of nitrogens with one attached hydrogen (secondary N) is 2. The molecule has 0 radical (unpaired) electrons. The standard InChI is InChI=1S/C30H42N60/c31-1-51-2(32)62-21(61-1)81-83(23-65-5(35)53-6(36)66-23)85(25-69-9(39)55-10(40)70-25)87(27-73-13(43)57-14(44)74-27)89(29-77-17(47)59-18(48)78-29)90(30-79-19(49)60-20(50)80-30)88(28-75-15(45)58-16(46)76-28)86(26-71-11(41)56-12(42)72-26)84(24-67-7(37)54-8(38)68-24)82-22-63-3(33)52-4(34)64-22/h(H4,35,36,53,65,66)(H4,37,38,54,67,68)(H4,39,40,55,69,70)(H4,41,42,56,71,72)(H4,43,44,57,73,74)(H4,45,46,58,75,76)(H4,47,48,59,77,78)(H4,49,50,60,79,80)(H5,31,32,51,61,62,81)(H5,33,34,52,63,64,82). The topological polar surface area (TPSA) is 957 Å². The van der Waals surface area contributed by atoms with E-state index in [9.17, 15) is 0 Å². The summed E-state index contributed by atoms with van der Waals surface area (Å²) in [7, 11) is 0. The van der Waals surface area contributed by atoms with Gasteiger partial charge in [0.1, 0.15) is 0 Å². The molecule has 60 heteroatoms. The predicted octanol–water partition coefficient (Wildman–Crippen LogP) is -12.0. The molecule has 0 saturated carbocycles. The van der Waals surface area contributed by atoms with Gasteiger partial charge in [-0.3, -0.25) is 0 Å². The Bertz CT molecular complexity index is 3860. The molecular formula is C30H42N60. The maximum absolute atomic E-state index is 6.47. The molecular weight excluding hydrogens is 1200 g/mol. The number of nitrogens with zero attached hydrogens (tertiary/aromatic N) is 38. The van der Waals surface area contributed by atoms with Crippen LogP contribution in [0.4, 0.5) is 178 Å². The van der Waals surface area contributed by atoms with Gasteiger partial charge in [-0.2, -0.15) is 150 Å². The van der Waals surface area contributed by atoms with Gasteiger partial charge >= 0.3 is 0 Å². The highest BCUT2D eigenvalue weighted by Gasteiger charge is 2.49. The van der Waals surface area contributed by atoms with Crippen molar-refractivity contribution < 1.29 is 0 Å². The fraction of sp³-hybridized carbons (Fsp3) is 0. The van der Waals surface area contributed by atoms with Crippen LogP contribution in [-0.4, -0.2) is 150 Å². The molecule has 42 N–H and O–H groups in total. The number of hydrazine groups is 9. The van der Waals surface area contributed by atoms with Gasteiger partial charge in [0.2, 0.25) is 131 Å². The Balaban J connectivity index is 1.46. The number of rotatable bonds is 19. The van der Waals surface area contributed by atoms with Crippen LogP contribution in [0.15, 0.2) is 0 Å². The van der Waals surface area contributed by atoms with Crippen molar-refractivity contribution in [1.82, 2.24) is 150 Å². The van der Waals surface area contributed by atoms with Crippen molar-refractivity contribution >= 4 is 178 Å². The average molecular weight is 1240 g/mol. The molecule has 60 nitrogen and oxygen atoms in total. The number of nitrogen functional groups attached to an aromatic ring is 20. The third kappa shape index (κ3) is 12.3. The van der Waals surface area contributed by atoms with Crippen molar-refractivity contribution in [2.75, 3.05) is 166 Å². The quantitative estimate of drug-likeness (QED) is 0.0334. The second-order valence-corrected chi connectivity index (χ2v) is 16.1. The molecule has 0 aromatic carbocycles. The van der Waals surface area contributed by atoms with Crippen molar-refractivity contribution in [3.63, 3.8) is 0 Å². The van der Waals surface area contributed by atoms with Crippen LogP contribution in [0.1, 0.15) is 0 Å². The van der Waals surface area contributed by atoms with E-state index < -0.39 is 178 Å². The lowest BCUT2D eigenvalue weighted by Gasteiger charge is -2.51. The van der Waals surface area contributed by atoms with Crippen LogP contribution >= 0.6 is 0 Å². The summed E-state index contributed by atoms with van der Waals surface area (Å²) in [5.41, 5.74) is 132. The van der Waals surface area contributed by atoms with E-state index in [0.717, 1.165) is 0 Å². The van der Waals surface area contributed by atoms with Crippen LogP contribution < -0.4 is 166 Å². The molecule has 0 aliphatic carbocycles. The minimum Gasteiger partial charge on any atom is -0.368 e. The van der Waals surface area contributed by atoms with Gasteiger partial charge in [-0.25, -0.2) is 10.9 Å². The number of hydrogen-bond acceptors (Lipinski definition) is 60. The largest absolute Gasteiger partial charge is 0.368 e. The summed E-state index contributed by atoms with van der Waals surface area (Å²) in [5, 5.41) is 4.66. The molecule has 90 heavy (non-hydrogen) atoms. The fourth-order valence-electron chi connectivity index (χ4n) is 6.89. The zero-order chi connectivity index (χ0) is 64.6. The lowest BCUT2D eigenvalue weighted by Crippen LogP contribution is -2.75. The van der Waals surface area contributed by atoms with Crippen molar-refractivity contribution in [2.24, 2.45) is 0 Å². The van der Waals surface area contributed by atoms with E-state index in [1.807, 2.05) is 0 Å². The fourth-order valence-corrected chi connectivity index (χ4v) is 6.89. The summed E-state index contributed by atoms with van der Waals surface area (Å²) in [4.78, 5) is 126. The molecule has 0 atom stereocenters. The molecule has 0 aliphatic rings. The zero-order valence-electron chi connectivity index (χ0n) is 44.5. The normalized spacial score (nSPS) is 10.9. The van der Waals surface area contributed by atoms with Gasteiger partial charge in [-0.1, -0.05) is 0 Å². The Kier molecular flexibility index (Phi) is 14.3. The van der Waals surface area contributed by atoms with Crippen LogP contribution in [0, 0.1) is 0 Å². The van der Waals surface area contributed by atoms with E-state index in [1.165, 1.54) is 0 Å². The molecule has 10 heterocycles. The van der Waals surface area contributed by atoms with Crippen LogP contribution in [0.25, 0.3) is 0 Å². The van der Waals surface area contributed by atoms with Gasteiger partial charge in [-0.15, -0.1) is 40.9 Å². The molecule has 10 aromatic rings. The lowest BCUT2D eigenvalue weighted by molar-refractivity contribution is 0.520. The first-order chi connectivity index (χ1) is 42.7. The van der Waals surface area contributed by atoms with Gasteiger partial charge in [-0.05, 0) is 0 Å². The molecule has 0 amide bonds. The van der Waals surface area contributed by atoms with Gasteiger partial charge in [0.05, 0.1) is 0 Å². The minimum atomic E-state index is -0.987. The summed E-state index contributed by atoms with van der Waals surface area (Å²) in [5.74, 6) is -21.5. The second-order valence-electron chi connectivity index (χ2n) is 16.1. The maximum atomic E-state index is 6.47. The molecule has 0 aliphatic heterocycles. The molecule has 0 bridgehead atoms. The van der Waals surface area contributed by atoms with E-state index in [1.54, 1.807) is 0 Å². The van der Waals surface area contributed by atoms with Crippen molar-refractivity contribution in [1.29, 1.82) is 0 Å². The first-order valence-corrected chi connectivity index (χ1v) is 23.3. The van der Waals surface area contributed by atoms with Crippen LogP contribution in [0.3, 0.4) is 0 Å². The van der Waals surface area contributed by atoms with E-state index in [0.29, 0.717) is 40.9 Å². The highest BCUT2D eigenvalue weighted by Crippen LogP contribution is 2.36. The highest BCUT2D eigenvalue weighted by atomic mass is 16.2. The second kappa shape index (κ2) is 22.5. The van der Waals surface area contributed by atoms with Crippen molar-refractivity contribution in [3.05, 3.63) is 0 Å². The first-order valence-electron chi connectivity index (χ1n) is 23.3. The zero-order valence-corrected chi connectivity index (χ0v) is 44.5. The van der Waals surface area contributed by atoms with Crippen molar-refractivity contribution in [2.45, 2.75) is 0 Å². The number of aromatic nitrogens is 30. The highest BCUT2D eigenvalue weighted by molar-refractivity contribution is 5.70. The lowest BCUT2D eigenvalue weighted by atomic mass is 10.7. The third-order valence-corrected chi connectivity index (χ3v) is 9.75. The predicted molar refractivity (Wildman–Crippen MR) is 314 cm³/mol. The molecule has 462 valence electrons. The van der Waals surface area contributed by atoms with Crippen LogP contribution in [0.5, 0.6) is 0 Å². The van der Waals surface area contributed by atoms with Crippen LogP contribution in [-0.2, 0) is 0 Å².